The normalized spacial score (nSPS) is 19.6. The van der Waals surface area contributed by atoms with E-state index in [0.29, 0.717) is 67.8 Å². The van der Waals surface area contributed by atoms with Gasteiger partial charge in [-0.15, -0.1) is 11.3 Å². The monoisotopic (exact) mass is 1030 g/mol. The van der Waals surface area contributed by atoms with Crippen molar-refractivity contribution in [2.75, 3.05) is 47.8 Å². The SMILES string of the molecule is CC(=O)C1=C(C)c2cnc(Nc3ccc(N4CCN(C(=O)CCCCCCCC(=O)N[C@H](C(=O)N5C[C@H](O)C[C@H]5C(=O)NCc5ccc(-c6scnc6C)cc5)C(C)(C)C)CC4)cn3)nc2N(C2CCCC2)C1O. The van der Waals surface area contributed by atoms with Gasteiger partial charge >= 0.3 is 0 Å². The number of aryl methyl sites for hydroxylation is 1. The van der Waals surface area contributed by atoms with Gasteiger partial charge in [-0.3, -0.25) is 24.0 Å². The van der Waals surface area contributed by atoms with Gasteiger partial charge in [-0.2, -0.15) is 4.98 Å². The van der Waals surface area contributed by atoms with E-state index < -0.39 is 29.8 Å². The van der Waals surface area contributed by atoms with E-state index in [2.05, 4.69) is 35.8 Å². The number of nitrogens with zero attached hydrogens (tertiary/aromatic N) is 8. The Labute approximate surface area is 438 Å². The maximum Gasteiger partial charge on any atom is 0.246 e. The number of pyridine rings is 1. The Kier molecular flexibility index (Phi) is 17.4. The number of anilines is 4. The molecule has 4 atom stereocenters. The number of Topliss-reactive ketones (excluding diaryl/α,β-unsaturated/α-hetero) is 1. The molecular formula is C55H73N11O7S. The van der Waals surface area contributed by atoms with Gasteiger partial charge in [0.05, 0.1) is 34.1 Å². The summed E-state index contributed by atoms with van der Waals surface area (Å²) in [5.41, 5.74) is 6.88. The number of aromatic nitrogens is 4. The van der Waals surface area contributed by atoms with E-state index in [0.717, 1.165) is 84.3 Å². The summed E-state index contributed by atoms with van der Waals surface area (Å²) in [6, 6.07) is 10.1. The number of unbranched alkanes of at least 4 members (excludes halogenated alkanes) is 4. The minimum Gasteiger partial charge on any atom is -0.391 e. The van der Waals surface area contributed by atoms with E-state index in [-0.39, 0.29) is 61.4 Å². The third kappa shape index (κ3) is 12.8. The smallest absolute Gasteiger partial charge is 0.246 e. The van der Waals surface area contributed by atoms with Crippen LogP contribution >= 0.6 is 11.3 Å². The summed E-state index contributed by atoms with van der Waals surface area (Å²) in [7, 11) is 0. The number of hydrogen-bond donors (Lipinski definition) is 5. The number of likely N-dealkylation sites (tertiary alicyclic amines) is 1. The summed E-state index contributed by atoms with van der Waals surface area (Å²) < 4.78 is 0. The number of thiazole rings is 1. The van der Waals surface area contributed by atoms with Crippen LogP contribution in [0, 0.1) is 12.3 Å². The van der Waals surface area contributed by atoms with Crippen LogP contribution in [0.15, 0.2) is 59.9 Å². The van der Waals surface area contributed by atoms with E-state index in [1.165, 1.54) is 11.8 Å². The maximum atomic E-state index is 14.1. The highest BCUT2D eigenvalue weighted by atomic mass is 32.1. The summed E-state index contributed by atoms with van der Waals surface area (Å²) in [4.78, 5) is 93.4. The van der Waals surface area contributed by atoms with Crippen LogP contribution in [0.25, 0.3) is 16.0 Å². The third-order valence-electron chi connectivity index (χ3n) is 14.9. The molecule has 18 nitrogen and oxygen atoms in total. The molecule has 3 aliphatic heterocycles. The number of aliphatic hydroxyl groups excluding tert-OH is 2. The van der Waals surface area contributed by atoms with Crippen molar-refractivity contribution in [3.63, 3.8) is 0 Å². The number of fused-ring (bicyclic) bond motifs is 1. The molecule has 1 aliphatic carbocycles. The number of ketones is 1. The van der Waals surface area contributed by atoms with Crippen LogP contribution < -0.4 is 25.8 Å². The fourth-order valence-corrected chi connectivity index (χ4v) is 11.5. The second-order valence-corrected chi connectivity index (χ2v) is 22.2. The fourth-order valence-electron chi connectivity index (χ4n) is 10.7. The summed E-state index contributed by atoms with van der Waals surface area (Å²) in [5, 5.41) is 31.1. The molecule has 1 saturated carbocycles. The van der Waals surface area contributed by atoms with E-state index in [9.17, 15) is 34.2 Å². The van der Waals surface area contributed by atoms with Crippen molar-refractivity contribution >= 4 is 69.6 Å². The molecule has 5 N–H and O–H groups in total. The summed E-state index contributed by atoms with van der Waals surface area (Å²) in [6.07, 6.45) is 10.4. The van der Waals surface area contributed by atoms with Crippen LogP contribution in [0.1, 0.15) is 128 Å². The van der Waals surface area contributed by atoms with Crippen molar-refractivity contribution in [3.05, 3.63) is 76.7 Å². The van der Waals surface area contributed by atoms with Gasteiger partial charge in [0.25, 0.3) is 0 Å². The minimum absolute atomic E-state index is 0.0136. The van der Waals surface area contributed by atoms with E-state index in [1.54, 1.807) is 23.7 Å². The number of amides is 4. The van der Waals surface area contributed by atoms with Gasteiger partial charge in [0.15, 0.2) is 12.0 Å². The number of benzene rings is 1. The molecule has 4 amide bonds. The van der Waals surface area contributed by atoms with Crippen LogP contribution in [0.2, 0.25) is 0 Å². The van der Waals surface area contributed by atoms with Crippen LogP contribution in [0.3, 0.4) is 0 Å². The Morgan fingerprint density at radius 3 is 2.20 bits per heavy atom. The summed E-state index contributed by atoms with van der Waals surface area (Å²) in [5.74, 6) is 0.557. The topological polar surface area (TPSA) is 226 Å². The molecule has 3 aromatic heterocycles. The van der Waals surface area contributed by atoms with Gasteiger partial charge in [0, 0.05) is 81.9 Å². The van der Waals surface area contributed by atoms with Crippen molar-refractivity contribution in [2.45, 2.75) is 156 Å². The minimum atomic E-state index is -1.06. The average Bonchev–Trinajstić information content (AvgIpc) is 4.16. The highest BCUT2D eigenvalue weighted by Gasteiger charge is 2.45. The molecule has 19 heteroatoms. The average molecular weight is 1030 g/mol. The van der Waals surface area contributed by atoms with Crippen molar-refractivity contribution in [2.24, 2.45) is 5.41 Å². The quantitative estimate of drug-likeness (QED) is 0.0618. The van der Waals surface area contributed by atoms with Gasteiger partial charge in [0.1, 0.15) is 23.7 Å². The number of β-amino-alcohol motifs (C(OH)–C–C–N with tert-alkyl or cyclic N) is 1. The first-order valence-electron chi connectivity index (χ1n) is 26.3. The number of nitrogens with one attached hydrogen (secondary N) is 3. The van der Waals surface area contributed by atoms with Crippen molar-refractivity contribution in [1.82, 2.24) is 40.4 Å². The lowest BCUT2D eigenvalue weighted by Crippen LogP contribution is -2.57. The highest BCUT2D eigenvalue weighted by Crippen LogP contribution is 2.41. The van der Waals surface area contributed by atoms with Gasteiger partial charge < -0.3 is 45.8 Å². The molecule has 396 valence electrons. The molecule has 3 fully saturated rings. The summed E-state index contributed by atoms with van der Waals surface area (Å²) >= 11 is 1.58. The number of aliphatic hydroxyl groups is 2. The zero-order valence-electron chi connectivity index (χ0n) is 43.7. The van der Waals surface area contributed by atoms with Gasteiger partial charge in [-0.25, -0.2) is 15.0 Å². The number of carbonyl (C=O) groups excluding carboxylic acids is 5. The van der Waals surface area contributed by atoms with Crippen LogP contribution in [-0.4, -0.2) is 133 Å². The predicted molar refractivity (Wildman–Crippen MR) is 286 cm³/mol. The largest absolute Gasteiger partial charge is 0.391 e. The number of carbonyl (C=O) groups is 5. The molecule has 74 heavy (non-hydrogen) atoms. The van der Waals surface area contributed by atoms with Gasteiger partial charge in [-0.1, -0.05) is 77.1 Å². The van der Waals surface area contributed by atoms with E-state index >= 15 is 0 Å². The fraction of sp³-hybridized carbons (Fsp3) is 0.545. The summed E-state index contributed by atoms with van der Waals surface area (Å²) in [6.45, 7) is 13.8. The van der Waals surface area contributed by atoms with Crippen molar-refractivity contribution in [1.29, 1.82) is 0 Å². The second-order valence-electron chi connectivity index (χ2n) is 21.4. The Hall–Kier alpha value is -6.31. The third-order valence-corrected chi connectivity index (χ3v) is 15.9. The molecule has 0 bridgehead atoms. The van der Waals surface area contributed by atoms with Crippen molar-refractivity contribution < 1.29 is 34.2 Å². The zero-order chi connectivity index (χ0) is 52.7. The first-order chi connectivity index (χ1) is 35.5. The zero-order valence-corrected chi connectivity index (χ0v) is 44.5. The maximum absolute atomic E-state index is 14.1. The first kappa shape index (κ1) is 54.0. The number of rotatable bonds is 19. The van der Waals surface area contributed by atoms with Crippen LogP contribution in [-0.2, 0) is 30.5 Å². The second kappa shape index (κ2) is 23.9. The molecule has 2 saturated heterocycles. The van der Waals surface area contributed by atoms with Crippen LogP contribution in [0.5, 0.6) is 0 Å². The molecule has 4 aliphatic rings. The molecular weight excluding hydrogens is 959 g/mol. The van der Waals surface area contributed by atoms with Crippen molar-refractivity contribution in [3.8, 4) is 10.4 Å². The Morgan fingerprint density at radius 1 is 0.851 bits per heavy atom. The lowest BCUT2D eigenvalue weighted by Gasteiger charge is -2.40. The van der Waals surface area contributed by atoms with Gasteiger partial charge in [0.2, 0.25) is 29.6 Å². The molecule has 8 rings (SSSR count). The molecule has 1 aromatic carbocycles. The molecule has 0 radical (unpaired) electrons. The standard InChI is InChI=1S/C55H73N11O7S/c1-34-42-31-58-54(62-50(42)66(39-14-12-13-15-39)52(72)47(34)36(3)67)60-44-23-22-40(30-56-44)63-24-26-64(27-25-63)46(70)17-11-9-7-8-10-16-45(69)61-49(55(4,5)6)53(73)65-32-41(68)28-43(65)51(71)57-29-37-18-20-38(21-19-37)48-35(2)59-33-74-48/h18-23,30-31,33,39,41,43,49,52,68,72H,7-17,24-29,32H2,1-6H3,(H,57,71)(H,61,69)(H,56,58,60,62)/t41-,43+,49-,52?/m1/s1. The van der Waals surface area contributed by atoms with Gasteiger partial charge in [-0.05, 0) is 80.7 Å². The highest BCUT2D eigenvalue weighted by molar-refractivity contribution is 7.13. The number of allylic oxidation sites excluding steroid dienone is 1. The van der Waals surface area contributed by atoms with E-state index in [1.807, 2.05) is 86.3 Å². The first-order valence-corrected chi connectivity index (χ1v) is 27.2. The number of hydrogen-bond acceptors (Lipinski definition) is 15. The van der Waals surface area contributed by atoms with E-state index in [4.69, 9.17) is 4.98 Å². The predicted octanol–water partition coefficient (Wildman–Crippen LogP) is 6.68. The Morgan fingerprint density at radius 2 is 1.55 bits per heavy atom. The lowest BCUT2D eigenvalue weighted by molar-refractivity contribution is -0.144. The molecule has 4 aromatic rings. The Balaban J connectivity index is 0.724. The molecule has 6 heterocycles. The Bertz CT molecular complexity index is 2670. The number of piperazine rings is 1. The van der Waals surface area contributed by atoms with Crippen LogP contribution in [0.4, 0.5) is 23.3 Å². The molecule has 1 unspecified atom stereocenters. The lowest BCUT2D eigenvalue weighted by atomic mass is 9.85. The molecule has 0 spiro atoms.